The number of aryl methyl sites for hydroxylation is 1. The van der Waals surface area contributed by atoms with Gasteiger partial charge in [0.05, 0.1) is 10.4 Å². The molecule has 2 aromatic carbocycles. The van der Waals surface area contributed by atoms with Crippen molar-refractivity contribution >= 4 is 20.7 Å². The van der Waals surface area contributed by atoms with Gasteiger partial charge in [-0.15, -0.1) is 0 Å². The first-order chi connectivity index (χ1) is 10.6. The van der Waals surface area contributed by atoms with Crippen molar-refractivity contribution < 1.29 is 13.5 Å². The van der Waals surface area contributed by atoms with E-state index in [0.29, 0.717) is 23.7 Å². The first-order valence-corrected chi connectivity index (χ1v) is 8.49. The largest absolute Gasteiger partial charge is 0.396 e. The fourth-order valence-electron chi connectivity index (χ4n) is 2.39. The lowest BCUT2D eigenvalue weighted by Gasteiger charge is -2.03. The van der Waals surface area contributed by atoms with Crippen LogP contribution in [0.2, 0.25) is 0 Å². The summed E-state index contributed by atoms with van der Waals surface area (Å²) in [5, 5.41) is 16.3. The van der Waals surface area contributed by atoms with E-state index >= 15 is 0 Å². The highest BCUT2D eigenvalue weighted by Crippen LogP contribution is 2.27. The van der Waals surface area contributed by atoms with E-state index in [0.717, 1.165) is 5.56 Å². The molecule has 0 bridgehead atoms. The Kier molecular flexibility index (Phi) is 3.96. The molecule has 0 fully saturated rings. The van der Waals surface area contributed by atoms with E-state index in [1.807, 2.05) is 12.1 Å². The Morgan fingerprint density at radius 3 is 2.59 bits per heavy atom. The Hall–Kier alpha value is -2.18. The second-order valence-corrected chi connectivity index (χ2v) is 6.93. The van der Waals surface area contributed by atoms with Crippen molar-refractivity contribution in [3.63, 3.8) is 0 Å². The van der Waals surface area contributed by atoms with Crippen LogP contribution in [0, 0.1) is 0 Å². The highest BCUT2D eigenvalue weighted by molar-refractivity contribution is 7.91. The fourth-order valence-corrected chi connectivity index (χ4v) is 3.76. The number of nitrogens with zero attached hydrogens (tertiary/aromatic N) is 1. The number of aliphatic hydroxyl groups excluding tert-OH is 1. The molecule has 6 heteroatoms. The Labute approximate surface area is 128 Å². The lowest BCUT2D eigenvalue weighted by molar-refractivity contribution is 0.288. The van der Waals surface area contributed by atoms with Crippen LogP contribution in [-0.2, 0) is 16.3 Å². The van der Waals surface area contributed by atoms with Gasteiger partial charge < -0.3 is 5.11 Å². The summed E-state index contributed by atoms with van der Waals surface area (Å²) in [7, 11) is -3.63. The zero-order valence-corrected chi connectivity index (χ0v) is 12.7. The van der Waals surface area contributed by atoms with Gasteiger partial charge in [-0.2, -0.15) is 5.10 Å². The standard InChI is InChI=1S/C16H16N2O3S/c19-10-4-5-12-8-9-15-14(11-12)16(18-17-15)22(20,21)13-6-2-1-3-7-13/h1-3,6-9,11,19H,4-5,10H2,(H,17,18). The molecule has 3 rings (SSSR count). The van der Waals surface area contributed by atoms with Gasteiger partial charge in [0.25, 0.3) is 0 Å². The van der Waals surface area contributed by atoms with Crippen LogP contribution in [0.4, 0.5) is 0 Å². The maximum Gasteiger partial charge on any atom is 0.223 e. The Balaban J connectivity index is 2.11. The van der Waals surface area contributed by atoms with Crippen LogP contribution in [0.15, 0.2) is 58.5 Å². The van der Waals surface area contributed by atoms with Crippen LogP contribution >= 0.6 is 0 Å². The van der Waals surface area contributed by atoms with Gasteiger partial charge in [-0.3, -0.25) is 5.10 Å². The number of H-pyrrole nitrogens is 1. The van der Waals surface area contributed by atoms with E-state index in [-0.39, 0.29) is 16.5 Å². The smallest absolute Gasteiger partial charge is 0.223 e. The minimum Gasteiger partial charge on any atom is -0.396 e. The van der Waals surface area contributed by atoms with Gasteiger partial charge in [-0.05, 0) is 42.7 Å². The van der Waals surface area contributed by atoms with E-state index < -0.39 is 9.84 Å². The van der Waals surface area contributed by atoms with Gasteiger partial charge in [0.1, 0.15) is 0 Å². The molecule has 1 heterocycles. The summed E-state index contributed by atoms with van der Waals surface area (Å²) in [6, 6.07) is 13.8. The molecule has 0 aliphatic rings. The number of hydrogen-bond acceptors (Lipinski definition) is 4. The summed E-state index contributed by atoms with van der Waals surface area (Å²) in [5.74, 6) is 0. The predicted molar refractivity (Wildman–Crippen MR) is 83.4 cm³/mol. The maximum absolute atomic E-state index is 12.7. The molecule has 0 amide bonds. The first kappa shape index (κ1) is 14.7. The second-order valence-electron chi connectivity index (χ2n) is 5.05. The van der Waals surface area contributed by atoms with Gasteiger partial charge in [-0.1, -0.05) is 24.3 Å². The van der Waals surface area contributed by atoms with Crippen molar-refractivity contribution in [2.45, 2.75) is 22.8 Å². The number of sulfone groups is 1. The Morgan fingerprint density at radius 1 is 1.09 bits per heavy atom. The van der Waals surface area contributed by atoms with E-state index in [9.17, 15) is 8.42 Å². The third kappa shape index (κ3) is 2.63. The predicted octanol–water partition coefficient (Wildman–Crippen LogP) is 2.32. The van der Waals surface area contributed by atoms with E-state index in [4.69, 9.17) is 5.11 Å². The average Bonchev–Trinajstić information content (AvgIpc) is 2.97. The van der Waals surface area contributed by atoms with Crippen LogP contribution in [0.25, 0.3) is 10.9 Å². The summed E-state index contributed by atoms with van der Waals surface area (Å²) in [5.41, 5.74) is 1.59. The monoisotopic (exact) mass is 316 g/mol. The molecule has 0 aliphatic heterocycles. The van der Waals surface area contributed by atoms with Gasteiger partial charge in [0, 0.05) is 12.0 Å². The number of aromatic amines is 1. The first-order valence-electron chi connectivity index (χ1n) is 7.01. The minimum absolute atomic E-state index is 0.110. The van der Waals surface area contributed by atoms with Gasteiger partial charge in [0.15, 0.2) is 5.03 Å². The minimum atomic E-state index is -3.63. The van der Waals surface area contributed by atoms with Gasteiger partial charge in [0.2, 0.25) is 9.84 Å². The molecular formula is C16H16N2O3S. The molecule has 114 valence electrons. The number of benzene rings is 2. The number of fused-ring (bicyclic) bond motifs is 1. The van der Waals surface area contributed by atoms with Crippen molar-refractivity contribution in [2.24, 2.45) is 0 Å². The fraction of sp³-hybridized carbons (Fsp3) is 0.188. The third-order valence-corrected chi connectivity index (χ3v) is 5.27. The van der Waals surface area contributed by atoms with Crippen LogP contribution in [0.1, 0.15) is 12.0 Å². The van der Waals surface area contributed by atoms with Crippen molar-refractivity contribution in [3.05, 3.63) is 54.1 Å². The van der Waals surface area contributed by atoms with Crippen LogP contribution < -0.4 is 0 Å². The number of nitrogens with one attached hydrogen (secondary N) is 1. The zero-order chi connectivity index (χ0) is 15.6. The van der Waals surface area contributed by atoms with Crippen molar-refractivity contribution in [1.82, 2.24) is 10.2 Å². The molecule has 3 aromatic rings. The normalized spacial score (nSPS) is 11.9. The molecule has 0 saturated heterocycles. The molecular weight excluding hydrogens is 300 g/mol. The molecule has 22 heavy (non-hydrogen) atoms. The lowest BCUT2D eigenvalue weighted by Crippen LogP contribution is -2.03. The SMILES string of the molecule is O=S(=O)(c1ccccc1)c1[nH]nc2ccc(CCCO)cc12. The highest BCUT2D eigenvalue weighted by atomic mass is 32.2. The molecule has 2 N–H and O–H groups in total. The molecule has 0 aliphatic carbocycles. The summed E-state index contributed by atoms with van der Waals surface area (Å²) in [6.45, 7) is 0.110. The van der Waals surface area contributed by atoms with Crippen LogP contribution in [0.5, 0.6) is 0 Å². The molecule has 0 spiro atoms. The lowest BCUT2D eigenvalue weighted by atomic mass is 10.1. The molecule has 0 atom stereocenters. The van der Waals surface area contributed by atoms with Crippen LogP contribution in [0.3, 0.4) is 0 Å². The molecule has 1 aromatic heterocycles. The topological polar surface area (TPSA) is 83.0 Å². The van der Waals surface area contributed by atoms with E-state index in [1.165, 1.54) is 0 Å². The summed E-state index contributed by atoms with van der Waals surface area (Å²) < 4.78 is 25.4. The third-order valence-electron chi connectivity index (χ3n) is 3.53. The quantitative estimate of drug-likeness (QED) is 0.756. The number of aliphatic hydroxyl groups is 1. The molecule has 0 saturated carbocycles. The summed E-state index contributed by atoms with van der Waals surface area (Å²) in [6.07, 6.45) is 1.34. The average molecular weight is 316 g/mol. The van der Waals surface area contributed by atoms with E-state index in [1.54, 1.807) is 36.4 Å². The van der Waals surface area contributed by atoms with Gasteiger partial charge >= 0.3 is 0 Å². The van der Waals surface area contributed by atoms with Crippen LogP contribution in [-0.4, -0.2) is 30.3 Å². The zero-order valence-electron chi connectivity index (χ0n) is 11.9. The molecule has 5 nitrogen and oxygen atoms in total. The maximum atomic E-state index is 12.7. The van der Waals surface area contributed by atoms with Crippen molar-refractivity contribution in [3.8, 4) is 0 Å². The van der Waals surface area contributed by atoms with Gasteiger partial charge in [-0.25, -0.2) is 8.42 Å². The number of rotatable bonds is 5. The Morgan fingerprint density at radius 2 is 1.86 bits per heavy atom. The highest BCUT2D eigenvalue weighted by Gasteiger charge is 2.22. The number of hydrogen-bond donors (Lipinski definition) is 2. The second kappa shape index (κ2) is 5.90. The molecule has 0 radical (unpaired) electrons. The van der Waals surface area contributed by atoms with Crippen molar-refractivity contribution in [1.29, 1.82) is 0 Å². The summed E-state index contributed by atoms with van der Waals surface area (Å²) >= 11 is 0. The van der Waals surface area contributed by atoms with E-state index in [2.05, 4.69) is 10.2 Å². The Bertz CT molecular complexity index is 886. The number of aromatic nitrogens is 2. The summed E-state index contributed by atoms with van der Waals surface area (Å²) in [4.78, 5) is 0.237. The van der Waals surface area contributed by atoms with Crippen molar-refractivity contribution in [2.75, 3.05) is 6.61 Å². The molecule has 0 unspecified atom stereocenters.